The Hall–Kier alpha value is -5.85. The van der Waals surface area contributed by atoms with E-state index in [9.17, 15) is 36.6 Å². The lowest BCUT2D eigenvalue weighted by molar-refractivity contribution is -0.142. The highest BCUT2D eigenvalue weighted by Gasteiger charge is 2.60. The monoisotopic (exact) mass is 811 g/mol. The number of aromatic nitrogens is 7. The van der Waals surface area contributed by atoms with Gasteiger partial charge in [0.2, 0.25) is 5.91 Å². The van der Waals surface area contributed by atoms with Crippen LogP contribution in [0.15, 0.2) is 59.1 Å². The molecule has 57 heavy (non-hydrogen) atoms. The molecule has 0 radical (unpaired) electrons. The zero-order valence-corrected chi connectivity index (χ0v) is 30.4. The summed E-state index contributed by atoms with van der Waals surface area (Å²) in [5, 5.41) is 23.4. The van der Waals surface area contributed by atoms with Gasteiger partial charge in [0, 0.05) is 34.4 Å². The number of carbonyl (C=O) groups excluding carboxylic acids is 1. The summed E-state index contributed by atoms with van der Waals surface area (Å²) >= 11 is 1.25. The van der Waals surface area contributed by atoms with Gasteiger partial charge in [-0.1, -0.05) is 11.3 Å². The van der Waals surface area contributed by atoms with Gasteiger partial charge in [-0.2, -0.15) is 37.1 Å². The molecule has 1 fully saturated rings. The Morgan fingerprint density at radius 3 is 2.54 bits per heavy atom. The van der Waals surface area contributed by atoms with E-state index in [0.29, 0.717) is 43.0 Å². The summed E-state index contributed by atoms with van der Waals surface area (Å²) < 4.78 is 106. The van der Waals surface area contributed by atoms with Crippen LogP contribution in [0.5, 0.6) is 0 Å². The van der Waals surface area contributed by atoms with E-state index in [1.165, 1.54) is 15.7 Å². The smallest absolute Gasteiger partial charge is 0.386 e. The number of hydrogen-bond acceptors (Lipinski definition) is 9. The minimum absolute atomic E-state index is 0.0444. The number of pyridine rings is 2. The fraction of sp³-hybridized carbons (Fsp3) is 0.324. The molecule has 1 saturated heterocycles. The zero-order chi connectivity index (χ0) is 40.3. The number of aromatic amines is 1. The van der Waals surface area contributed by atoms with E-state index in [1.807, 2.05) is 4.90 Å². The van der Waals surface area contributed by atoms with E-state index >= 15 is 8.78 Å². The first-order chi connectivity index (χ1) is 26.9. The van der Waals surface area contributed by atoms with Crippen LogP contribution < -0.4 is 15.9 Å². The summed E-state index contributed by atoms with van der Waals surface area (Å²) in [6.45, 7) is 2.80. The number of benzene rings is 1. The highest BCUT2D eigenvalue weighted by atomic mass is 32.1. The molecule has 294 valence electrons. The van der Waals surface area contributed by atoms with Gasteiger partial charge >= 0.3 is 11.9 Å². The molecule has 12 nitrogen and oxygen atoms in total. The lowest BCUT2D eigenvalue weighted by Crippen LogP contribution is -2.60. The maximum absolute atomic E-state index is 15.8. The van der Waals surface area contributed by atoms with Gasteiger partial charge in [-0.15, -0.1) is 5.73 Å². The van der Waals surface area contributed by atoms with Gasteiger partial charge in [0.15, 0.2) is 22.1 Å². The Labute approximate surface area is 320 Å². The molecule has 0 saturated carbocycles. The maximum atomic E-state index is 15.8. The predicted octanol–water partition coefficient (Wildman–Crippen LogP) is 5.70. The zero-order valence-electron chi connectivity index (χ0n) is 29.6. The molecule has 6 aromatic rings. The topological polar surface area (TPSA) is 146 Å². The maximum Gasteiger partial charge on any atom is 0.435 e. The third-order valence-corrected chi connectivity index (χ3v) is 11.5. The van der Waals surface area contributed by atoms with Crippen molar-refractivity contribution in [1.29, 1.82) is 0 Å². The van der Waals surface area contributed by atoms with Gasteiger partial charge in [0.25, 0.3) is 5.92 Å². The molecule has 3 N–H and O–H groups in total. The standard InChI is InChI=1S/C37H28F7N9O3S/c1-16-20(6-7-26-48-49-33(55)53(16)26)22-12-25-32(47-34(57-25)51-14-35(2,56)15-51)46-29(22)24(10-17-8-18(38)11-19(39)9-17)45-27(54)13-52-31-28(30(50-52)37(42,43)44)21-4-3-5-23(21)36(31,40)41/h4-9,11-12,21,23-24,56H,10,13-15H2,1-2H3,(H,45,54)(H,49,55)/t21-,23+,24-/m0/s1. The molecular weight excluding hydrogens is 784 g/mol. The normalized spacial score (nSPS) is 19.6. The number of alkyl halides is 5. The number of β-amino-alcohol motifs (C(OH)–C–C–N with tert-alkyl or cyclic N) is 1. The van der Waals surface area contributed by atoms with E-state index in [4.69, 9.17) is 4.98 Å². The number of amides is 1. The Kier molecular flexibility index (Phi) is 8.11. The first-order valence-electron chi connectivity index (χ1n) is 17.5. The molecule has 6 heterocycles. The van der Waals surface area contributed by atoms with Gasteiger partial charge in [0.05, 0.1) is 41.0 Å². The van der Waals surface area contributed by atoms with Crippen molar-refractivity contribution in [2.75, 3.05) is 18.0 Å². The number of rotatable bonds is 8. The third-order valence-electron chi connectivity index (χ3n) is 10.4. The van der Waals surface area contributed by atoms with Crippen molar-refractivity contribution in [1.82, 2.24) is 39.7 Å². The SMILES string of the molecule is Cc1c(-c2cc3sc(N4CC(C)(O)C4)nc3nc2[C@H](Cc2cc(F)cc(F)c2)NC(=O)Cn2nc(C(F)(F)F)c3c2C(F)(F)[C@@H]2C=C=C[C@H]32)ccc2n[nH]c(=O)n12. The molecule has 0 spiro atoms. The molecule has 9 rings (SSSR count). The van der Waals surface area contributed by atoms with Crippen LogP contribution in [-0.4, -0.2) is 64.1 Å². The number of halogens is 7. The van der Waals surface area contributed by atoms with Crippen molar-refractivity contribution in [2.45, 2.75) is 56.5 Å². The van der Waals surface area contributed by atoms with Gasteiger partial charge in [-0.25, -0.2) is 28.1 Å². The third kappa shape index (κ3) is 6.09. The molecule has 0 unspecified atom stereocenters. The number of nitrogens with one attached hydrogen (secondary N) is 2. The van der Waals surface area contributed by atoms with Gasteiger partial charge in [0.1, 0.15) is 23.9 Å². The molecule has 2 aliphatic carbocycles. The highest BCUT2D eigenvalue weighted by molar-refractivity contribution is 7.22. The van der Waals surface area contributed by atoms with E-state index in [2.05, 4.69) is 31.3 Å². The fourth-order valence-corrected chi connectivity index (χ4v) is 9.01. The molecule has 1 aromatic carbocycles. The summed E-state index contributed by atoms with van der Waals surface area (Å²) in [6.07, 6.45) is -3.35. The molecule has 5 aromatic heterocycles. The number of H-pyrrole nitrogens is 1. The van der Waals surface area contributed by atoms with Crippen LogP contribution in [-0.2, 0) is 29.9 Å². The summed E-state index contributed by atoms with van der Waals surface area (Å²) in [5.41, 5.74) is -0.605. The van der Waals surface area contributed by atoms with Crippen LogP contribution in [0.2, 0.25) is 0 Å². The minimum atomic E-state index is -5.13. The highest BCUT2D eigenvalue weighted by Crippen LogP contribution is 2.58. The second-order valence-electron chi connectivity index (χ2n) is 14.7. The number of hydrogen-bond donors (Lipinski definition) is 3. The summed E-state index contributed by atoms with van der Waals surface area (Å²) in [5.74, 6) is -9.77. The second kappa shape index (κ2) is 12.6. The van der Waals surface area contributed by atoms with E-state index < -0.39 is 82.3 Å². The van der Waals surface area contributed by atoms with Crippen LogP contribution >= 0.6 is 11.3 Å². The Bertz CT molecular complexity index is 2770. The average molecular weight is 812 g/mol. The number of thiazole rings is 1. The first-order valence-corrected chi connectivity index (χ1v) is 18.3. The second-order valence-corrected chi connectivity index (χ2v) is 15.7. The molecule has 3 aliphatic rings. The predicted molar refractivity (Wildman–Crippen MR) is 191 cm³/mol. The molecule has 3 atom stereocenters. The van der Waals surface area contributed by atoms with Crippen molar-refractivity contribution in [3.8, 4) is 11.1 Å². The van der Waals surface area contributed by atoms with Gasteiger partial charge in [-0.3, -0.25) is 9.48 Å². The van der Waals surface area contributed by atoms with Crippen LogP contribution in [0, 0.1) is 24.5 Å². The quantitative estimate of drug-likeness (QED) is 0.131. The van der Waals surface area contributed by atoms with Crippen LogP contribution in [0.1, 0.15) is 52.8 Å². The summed E-state index contributed by atoms with van der Waals surface area (Å²) in [6, 6.07) is 6.29. The number of anilines is 1. The van der Waals surface area contributed by atoms with Crippen molar-refractivity contribution >= 4 is 38.4 Å². The molecular formula is C37H28F7N9O3S. The minimum Gasteiger partial charge on any atom is -0.386 e. The molecule has 1 aliphatic heterocycles. The van der Waals surface area contributed by atoms with E-state index in [1.54, 1.807) is 32.0 Å². The molecule has 1 amide bonds. The fourth-order valence-electron chi connectivity index (χ4n) is 8.07. The van der Waals surface area contributed by atoms with E-state index in [0.717, 1.165) is 24.3 Å². The lowest BCUT2D eigenvalue weighted by Gasteiger charge is -2.43. The van der Waals surface area contributed by atoms with Crippen molar-refractivity contribution in [3.63, 3.8) is 0 Å². The Morgan fingerprint density at radius 2 is 1.84 bits per heavy atom. The number of aliphatic hydroxyl groups is 1. The Balaban J connectivity index is 1.18. The Morgan fingerprint density at radius 1 is 1.11 bits per heavy atom. The van der Waals surface area contributed by atoms with Gasteiger partial charge < -0.3 is 15.3 Å². The molecule has 0 bridgehead atoms. The van der Waals surface area contributed by atoms with Crippen LogP contribution in [0.4, 0.5) is 35.9 Å². The number of nitrogens with zero attached hydrogens (tertiary/aromatic N) is 7. The number of aryl methyl sites for hydroxylation is 1. The number of carbonyl (C=O) groups is 1. The van der Waals surface area contributed by atoms with Crippen molar-refractivity contribution in [2.24, 2.45) is 5.92 Å². The number of allylic oxidation sites excluding steroid dienone is 1. The summed E-state index contributed by atoms with van der Waals surface area (Å²) in [7, 11) is 0. The first kappa shape index (κ1) is 36.8. The van der Waals surface area contributed by atoms with Crippen molar-refractivity contribution < 1.29 is 40.6 Å². The van der Waals surface area contributed by atoms with Crippen LogP contribution in [0.3, 0.4) is 0 Å². The summed E-state index contributed by atoms with van der Waals surface area (Å²) in [4.78, 5) is 38.1. The van der Waals surface area contributed by atoms with Crippen molar-refractivity contribution in [3.05, 3.63) is 110 Å². The lowest BCUT2D eigenvalue weighted by atomic mass is 9.94. The molecule has 20 heteroatoms. The van der Waals surface area contributed by atoms with Crippen LogP contribution in [0.25, 0.3) is 27.1 Å². The number of fused-ring (bicyclic) bond motifs is 5. The van der Waals surface area contributed by atoms with Gasteiger partial charge in [-0.05, 0) is 68.3 Å². The average Bonchev–Trinajstić information content (AvgIpc) is 3.92. The van der Waals surface area contributed by atoms with E-state index in [-0.39, 0.29) is 36.4 Å². The largest absolute Gasteiger partial charge is 0.435 e.